The normalized spacial score (nSPS) is 16.9. The maximum Gasteiger partial charge on any atom is 0.342 e. The number of hydrogen-bond donors (Lipinski definition) is 0. The summed E-state index contributed by atoms with van der Waals surface area (Å²) in [7, 11) is 3.05. The number of benzene rings is 1. The second kappa shape index (κ2) is 4.91. The topological polar surface area (TPSA) is 61.8 Å². The van der Waals surface area contributed by atoms with Crippen molar-refractivity contribution < 1.29 is 23.8 Å². The molecule has 0 radical (unpaired) electrons. The molecule has 0 bridgehead atoms. The van der Waals surface area contributed by atoms with Gasteiger partial charge in [0.15, 0.2) is 0 Å². The molecule has 1 saturated heterocycles. The van der Waals surface area contributed by atoms with Crippen molar-refractivity contribution >= 4 is 18.0 Å². The van der Waals surface area contributed by atoms with Crippen molar-refractivity contribution in [2.75, 3.05) is 14.2 Å². The first-order valence-electron chi connectivity index (χ1n) is 5.32. The lowest BCUT2D eigenvalue weighted by Crippen LogP contribution is -1.98. The molecular formula is C13H12O5. The Labute approximate surface area is 104 Å². The fraction of sp³-hybridized carbons (Fsp3) is 0.231. The highest BCUT2D eigenvalue weighted by atomic mass is 16.6. The molecule has 1 aliphatic heterocycles. The molecular weight excluding hydrogens is 236 g/mol. The van der Waals surface area contributed by atoms with Crippen molar-refractivity contribution in [1.82, 2.24) is 0 Å². The van der Waals surface area contributed by atoms with E-state index in [2.05, 4.69) is 4.74 Å². The molecule has 18 heavy (non-hydrogen) atoms. The Morgan fingerprint density at radius 3 is 2.22 bits per heavy atom. The second-order valence-corrected chi connectivity index (χ2v) is 3.68. The third kappa shape index (κ3) is 2.20. The van der Waals surface area contributed by atoms with E-state index in [0.29, 0.717) is 22.6 Å². The van der Waals surface area contributed by atoms with Crippen LogP contribution >= 0.6 is 0 Å². The van der Waals surface area contributed by atoms with Crippen LogP contribution in [-0.2, 0) is 14.3 Å². The number of rotatable bonds is 3. The maximum atomic E-state index is 11.4. The Bertz CT molecular complexity index is 508. The Hall–Kier alpha value is -2.30. The first kappa shape index (κ1) is 12.2. The van der Waals surface area contributed by atoms with Gasteiger partial charge in [0.2, 0.25) is 0 Å². The van der Waals surface area contributed by atoms with Gasteiger partial charge in [-0.2, -0.15) is 0 Å². The molecule has 0 atom stereocenters. The quantitative estimate of drug-likeness (QED) is 0.461. The van der Waals surface area contributed by atoms with Gasteiger partial charge < -0.3 is 14.2 Å². The van der Waals surface area contributed by atoms with Crippen molar-refractivity contribution in [2.45, 2.75) is 6.42 Å². The van der Waals surface area contributed by atoms with Crippen LogP contribution in [-0.4, -0.2) is 26.2 Å². The summed E-state index contributed by atoms with van der Waals surface area (Å²) in [4.78, 5) is 22.4. The Balaban J connectivity index is 2.47. The standard InChI is InChI=1S/C13H12O5/c1-16-10-4-3-5-11(17-2)9(10)6-8-7-12(14)18-13(8)15/h3-6H,7H2,1-2H3. The van der Waals surface area contributed by atoms with Crippen LogP contribution in [0.5, 0.6) is 11.5 Å². The van der Waals surface area contributed by atoms with Crippen LogP contribution < -0.4 is 9.47 Å². The van der Waals surface area contributed by atoms with Crippen LogP contribution in [0, 0.1) is 0 Å². The molecule has 0 amide bonds. The molecule has 0 aromatic heterocycles. The minimum Gasteiger partial charge on any atom is -0.496 e. The zero-order valence-corrected chi connectivity index (χ0v) is 10.1. The largest absolute Gasteiger partial charge is 0.496 e. The van der Waals surface area contributed by atoms with Crippen LogP contribution in [0.4, 0.5) is 0 Å². The summed E-state index contributed by atoms with van der Waals surface area (Å²) in [6, 6.07) is 5.27. The van der Waals surface area contributed by atoms with Crippen LogP contribution in [0.1, 0.15) is 12.0 Å². The lowest BCUT2D eigenvalue weighted by Gasteiger charge is -2.09. The smallest absolute Gasteiger partial charge is 0.342 e. The van der Waals surface area contributed by atoms with Gasteiger partial charge in [0.1, 0.15) is 11.5 Å². The molecule has 0 spiro atoms. The van der Waals surface area contributed by atoms with Gasteiger partial charge >= 0.3 is 11.9 Å². The fourth-order valence-corrected chi connectivity index (χ4v) is 1.74. The molecule has 1 aromatic carbocycles. The van der Waals surface area contributed by atoms with Crippen molar-refractivity contribution in [1.29, 1.82) is 0 Å². The number of cyclic esters (lactones) is 2. The Kier molecular flexibility index (Phi) is 3.32. The lowest BCUT2D eigenvalue weighted by molar-refractivity contribution is -0.151. The zero-order valence-electron chi connectivity index (χ0n) is 10.1. The molecule has 1 aliphatic rings. The van der Waals surface area contributed by atoms with E-state index in [9.17, 15) is 9.59 Å². The molecule has 5 heteroatoms. The Morgan fingerprint density at radius 1 is 1.17 bits per heavy atom. The SMILES string of the molecule is COc1cccc(OC)c1C=C1CC(=O)OC1=O. The van der Waals surface area contributed by atoms with Crippen LogP contribution in [0.2, 0.25) is 0 Å². The summed E-state index contributed by atoms with van der Waals surface area (Å²) in [5.41, 5.74) is 0.909. The summed E-state index contributed by atoms with van der Waals surface area (Å²) in [6.07, 6.45) is 1.53. The monoisotopic (exact) mass is 248 g/mol. The van der Waals surface area contributed by atoms with E-state index in [4.69, 9.17) is 9.47 Å². The molecule has 1 aromatic rings. The lowest BCUT2D eigenvalue weighted by atomic mass is 10.1. The van der Waals surface area contributed by atoms with Gasteiger partial charge in [-0.05, 0) is 18.2 Å². The fourth-order valence-electron chi connectivity index (χ4n) is 1.74. The van der Waals surface area contributed by atoms with Gasteiger partial charge in [-0.3, -0.25) is 4.79 Å². The van der Waals surface area contributed by atoms with Crippen LogP contribution in [0.25, 0.3) is 6.08 Å². The highest BCUT2D eigenvalue weighted by molar-refractivity contribution is 6.09. The van der Waals surface area contributed by atoms with Gasteiger partial charge in [-0.25, -0.2) is 4.79 Å². The predicted molar refractivity (Wildman–Crippen MR) is 63.2 cm³/mol. The highest BCUT2D eigenvalue weighted by Crippen LogP contribution is 2.32. The van der Waals surface area contributed by atoms with E-state index < -0.39 is 11.9 Å². The minimum absolute atomic E-state index is 0.0277. The summed E-state index contributed by atoms with van der Waals surface area (Å²) >= 11 is 0. The van der Waals surface area contributed by atoms with Crippen LogP contribution in [0.3, 0.4) is 0 Å². The van der Waals surface area contributed by atoms with Crippen molar-refractivity contribution in [3.05, 3.63) is 29.3 Å². The van der Waals surface area contributed by atoms with E-state index in [1.54, 1.807) is 24.3 Å². The molecule has 0 N–H and O–H groups in total. The third-order valence-electron chi connectivity index (χ3n) is 2.59. The molecule has 2 rings (SSSR count). The third-order valence-corrected chi connectivity index (χ3v) is 2.59. The zero-order chi connectivity index (χ0) is 13.1. The number of esters is 2. The second-order valence-electron chi connectivity index (χ2n) is 3.68. The van der Waals surface area contributed by atoms with E-state index in [-0.39, 0.29) is 6.42 Å². The molecule has 1 fully saturated rings. The average molecular weight is 248 g/mol. The first-order chi connectivity index (χ1) is 8.65. The number of hydrogen-bond acceptors (Lipinski definition) is 5. The summed E-state index contributed by atoms with van der Waals surface area (Å²) < 4.78 is 14.9. The summed E-state index contributed by atoms with van der Waals surface area (Å²) in [5.74, 6) is -0.0314. The molecule has 0 saturated carbocycles. The molecule has 1 heterocycles. The highest BCUT2D eigenvalue weighted by Gasteiger charge is 2.27. The number of methoxy groups -OCH3 is 2. The summed E-state index contributed by atoms with van der Waals surface area (Å²) in [5, 5.41) is 0. The number of carbonyl (C=O) groups is 2. The van der Waals surface area contributed by atoms with Gasteiger partial charge in [0.05, 0.1) is 26.2 Å². The number of ether oxygens (including phenoxy) is 3. The van der Waals surface area contributed by atoms with E-state index in [1.807, 2.05) is 0 Å². The van der Waals surface area contributed by atoms with Gasteiger partial charge in [0.25, 0.3) is 0 Å². The van der Waals surface area contributed by atoms with Gasteiger partial charge in [0, 0.05) is 5.57 Å². The van der Waals surface area contributed by atoms with Gasteiger partial charge in [-0.15, -0.1) is 0 Å². The van der Waals surface area contributed by atoms with E-state index in [0.717, 1.165) is 0 Å². The van der Waals surface area contributed by atoms with E-state index >= 15 is 0 Å². The van der Waals surface area contributed by atoms with Crippen molar-refractivity contribution in [3.63, 3.8) is 0 Å². The minimum atomic E-state index is -0.618. The van der Waals surface area contributed by atoms with Crippen LogP contribution in [0.15, 0.2) is 23.8 Å². The van der Waals surface area contributed by atoms with Crippen molar-refractivity contribution in [2.24, 2.45) is 0 Å². The first-order valence-corrected chi connectivity index (χ1v) is 5.32. The predicted octanol–water partition coefficient (Wildman–Crippen LogP) is 1.56. The van der Waals surface area contributed by atoms with Gasteiger partial charge in [-0.1, -0.05) is 6.07 Å². The molecule has 0 unspecified atom stereocenters. The molecule has 94 valence electrons. The maximum absolute atomic E-state index is 11.4. The Morgan fingerprint density at radius 2 is 1.78 bits per heavy atom. The summed E-state index contributed by atoms with van der Waals surface area (Å²) in [6.45, 7) is 0. The van der Waals surface area contributed by atoms with E-state index in [1.165, 1.54) is 14.2 Å². The van der Waals surface area contributed by atoms with Crippen molar-refractivity contribution in [3.8, 4) is 11.5 Å². The molecule has 5 nitrogen and oxygen atoms in total. The molecule has 0 aliphatic carbocycles. The number of carbonyl (C=O) groups excluding carboxylic acids is 2. The average Bonchev–Trinajstić information content (AvgIpc) is 2.68.